The zero-order valence-electron chi connectivity index (χ0n) is 11.5. The molecule has 1 rings (SSSR count). The molecule has 4 nitrogen and oxygen atoms in total. The molecule has 1 heterocycles. The van der Waals surface area contributed by atoms with Gasteiger partial charge in [0, 0.05) is 33.4 Å². The Labute approximate surface area is 124 Å². The number of rotatable bonds is 4. The van der Waals surface area contributed by atoms with Crippen molar-refractivity contribution in [3.63, 3.8) is 0 Å². The number of hydrogen-bond acceptors (Lipinski definition) is 3. The first-order chi connectivity index (χ1) is 8.99. The Morgan fingerprint density at radius 3 is 2.68 bits per heavy atom. The third kappa shape index (κ3) is 4.40. The number of nitrogens with one attached hydrogen (secondary N) is 1. The first kappa shape index (κ1) is 15.8. The van der Waals surface area contributed by atoms with E-state index in [4.69, 9.17) is 23.2 Å². The summed E-state index contributed by atoms with van der Waals surface area (Å²) in [6.45, 7) is 2.06. The van der Waals surface area contributed by atoms with Gasteiger partial charge < -0.3 is 10.2 Å². The van der Waals surface area contributed by atoms with Crippen LogP contribution in [-0.2, 0) is 0 Å². The molecular formula is C13H18Cl2N4. The van der Waals surface area contributed by atoms with Gasteiger partial charge in [-0.2, -0.15) is 0 Å². The lowest BCUT2D eigenvalue weighted by atomic mass is 10.2. The molecule has 0 spiro atoms. The molecule has 104 valence electrons. The minimum absolute atomic E-state index is 0.391. The van der Waals surface area contributed by atoms with Gasteiger partial charge in [-0.1, -0.05) is 36.2 Å². The highest BCUT2D eigenvalue weighted by Crippen LogP contribution is 2.25. The third-order valence-electron chi connectivity index (χ3n) is 2.38. The minimum Gasteiger partial charge on any atom is -0.361 e. The van der Waals surface area contributed by atoms with E-state index in [0.717, 1.165) is 18.0 Å². The van der Waals surface area contributed by atoms with Crippen molar-refractivity contribution in [2.45, 2.75) is 13.3 Å². The second-order valence-electron chi connectivity index (χ2n) is 4.08. The molecule has 0 aromatic carbocycles. The lowest BCUT2D eigenvalue weighted by molar-refractivity contribution is 0.621. The number of amidine groups is 1. The summed E-state index contributed by atoms with van der Waals surface area (Å²) in [6.07, 6.45) is 4.45. The third-order valence-corrected chi connectivity index (χ3v) is 2.88. The van der Waals surface area contributed by atoms with Gasteiger partial charge >= 0.3 is 0 Å². The topological polar surface area (TPSA) is 40.5 Å². The van der Waals surface area contributed by atoms with Gasteiger partial charge in [0.1, 0.15) is 11.0 Å². The number of pyridine rings is 1. The zero-order valence-corrected chi connectivity index (χ0v) is 13.0. The molecule has 19 heavy (non-hydrogen) atoms. The van der Waals surface area contributed by atoms with Crippen molar-refractivity contribution in [1.29, 1.82) is 0 Å². The average molecular weight is 301 g/mol. The molecule has 0 unspecified atom stereocenters. The summed E-state index contributed by atoms with van der Waals surface area (Å²) in [5.74, 6) is 0.839. The predicted octanol–water partition coefficient (Wildman–Crippen LogP) is 3.68. The molecule has 0 fully saturated rings. The summed E-state index contributed by atoms with van der Waals surface area (Å²) in [4.78, 5) is 10.1. The molecule has 1 aromatic rings. The Kier molecular flexibility index (Phi) is 6.12. The van der Waals surface area contributed by atoms with Crippen LogP contribution in [0.2, 0.25) is 10.2 Å². The number of aliphatic imine (C=N–C) groups is 1. The van der Waals surface area contributed by atoms with E-state index in [-0.39, 0.29) is 0 Å². The van der Waals surface area contributed by atoms with Crippen LogP contribution in [0.3, 0.4) is 0 Å². The molecule has 0 radical (unpaired) electrons. The summed E-state index contributed by atoms with van der Waals surface area (Å²) >= 11 is 12.0. The van der Waals surface area contributed by atoms with Gasteiger partial charge in [-0.05, 0) is 6.42 Å². The summed E-state index contributed by atoms with van der Waals surface area (Å²) in [7, 11) is 5.63. The van der Waals surface area contributed by atoms with E-state index < -0.39 is 0 Å². The van der Waals surface area contributed by atoms with Crippen molar-refractivity contribution in [3.05, 3.63) is 34.2 Å². The van der Waals surface area contributed by atoms with E-state index in [1.54, 1.807) is 13.1 Å². The highest BCUT2D eigenvalue weighted by molar-refractivity contribution is 6.34. The van der Waals surface area contributed by atoms with E-state index in [1.807, 2.05) is 25.1 Å². The average Bonchev–Trinajstić information content (AvgIpc) is 2.34. The maximum Gasteiger partial charge on any atom is 0.146 e. The lowest BCUT2D eigenvalue weighted by Crippen LogP contribution is -2.27. The van der Waals surface area contributed by atoms with Crippen LogP contribution in [0.1, 0.15) is 13.3 Å². The van der Waals surface area contributed by atoms with Crippen LogP contribution in [0.4, 0.5) is 5.69 Å². The quantitative estimate of drug-likeness (QED) is 0.524. The number of likely N-dealkylation sites (N-methyl/N-ethyl adjacent to an activating group) is 1. The van der Waals surface area contributed by atoms with E-state index in [9.17, 15) is 0 Å². The number of aromatic nitrogens is 1. The first-order valence-corrected chi connectivity index (χ1v) is 6.67. The summed E-state index contributed by atoms with van der Waals surface area (Å²) in [5, 5.41) is 4.16. The molecule has 1 aromatic heterocycles. The number of halogens is 2. The number of anilines is 1. The molecule has 0 amide bonds. The summed E-state index contributed by atoms with van der Waals surface area (Å²) < 4.78 is 0. The van der Waals surface area contributed by atoms with Crippen molar-refractivity contribution in [3.8, 4) is 0 Å². The predicted molar refractivity (Wildman–Crippen MR) is 83.3 cm³/mol. The number of allylic oxidation sites excluding steroid dienone is 1. The Morgan fingerprint density at radius 2 is 2.16 bits per heavy atom. The molecule has 6 heteroatoms. The largest absolute Gasteiger partial charge is 0.361 e. The smallest absolute Gasteiger partial charge is 0.146 e. The monoisotopic (exact) mass is 300 g/mol. The fourth-order valence-electron chi connectivity index (χ4n) is 1.62. The van der Waals surface area contributed by atoms with Crippen molar-refractivity contribution >= 4 is 34.7 Å². The zero-order chi connectivity index (χ0) is 14.4. The SMILES string of the molecule is CC/C=C(/Nc1cc(Cl)ncc1Cl)C(=NC)N(C)C. The number of nitrogens with zero attached hydrogens (tertiary/aromatic N) is 3. The lowest BCUT2D eigenvalue weighted by Gasteiger charge is -2.20. The Hall–Kier alpha value is -1.26. The van der Waals surface area contributed by atoms with Crippen LogP contribution >= 0.6 is 23.2 Å². The second kappa shape index (κ2) is 7.36. The molecule has 0 bridgehead atoms. The van der Waals surface area contributed by atoms with Crippen molar-refractivity contribution < 1.29 is 0 Å². The Bertz CT molecular complexity index is 495. The fourth-order valence-corrected chi connectivity index (χ4v) is 1.93. The van der Waals surface area contributed by atoms with Crippen LogP contribution < -0.4 is 5.32 Å². The summed E-state index contributed by atoms with van der Waals surface area (Å²) in [5.41, 5.74) is 1.60. The maximum atomic E-state index is 6.10. The highest BCUT2D eigenvalue weighted by atomic mass is 35.5. The molecule has 0 aliphatic carbocycles. The van der Waals surface area contributed by atoms with Gasteiger partial charge in [-0.25, -0.2) is 4.98 Å². The maximum absolute atomic E-state index is 6.10. The van der Waals surface area contributed by atoms with Gasteiger partial charge in [-0.15, -0.1) is 0 Å². The molecule has 0 aliphatic heterocycles. The van der Waals surface area contributed by atoms with Crippen molar-refractivity contribution in [2.75, 3.05) is 26.5 Å². The van der Waals surface area contributed by atoms with Crippen LogP contribution in [0.25, 0.3) is 0 Å². The van der Waals surface area contributed by atoms with Crippen LogP contribution in [0, 0.1) is 0 Å². The Morgan fingerprint density at radius 1 is 1.47 bits per heavy atom. The van der Waals surface area contributed by atoms with E-state index in [0.29, 0.717) is 15.9 Å². The molecule has 0 aliphatic rings. The highest BCUT2D eigenvalue weighted by Gasteiger charge is 2.11. The van der Waals surface area contributed by atoms with Crippen molar-refractivity contribution in [2.24, 2.45) is 4.99 Å². The van der Waals surface area contributed by atoms with Gasteiger partial charge in [0.05, 0.1) is 16.4 Å². The molecular weight excluding hydrogens is 283 g/mol. The molecule has 0 atom stereocenters. The van der Waals surface area contributed by atoms with Gasteiger partial charge in [0.15, 0.2) is 0 Å². The Balaban J connectivity index is 3.10. The van der Waals surface area contributed by atoms with E-state index >= 15 is 0 Å². The standard InChI is InChI=1S/C13H18Cl2N4/c1-5-6-10(13(16-2)19(3)4)18-11-7-12(15)17-8-9(11)14/h6-8H,5H2,1-4H3,(H,17,18)/b10-6+,16-13?. The van der Waals surface area contributed by atoms with Gasteiger partial charge in [0.25, 0.3) is 0 Å². The van der Waals surface area contributed by atoms with E-state index in [2.05, 4.69) is 22.2 Å². The van der Waals surface area contributed by atoms with Crippen LogP contribution in [-0.4, -0.2) is 36.9 Å². The van der Waals surface area contributed by atoms with E-state index in [1.165, 1.54) is 6.20 Å². The van der Waals surface area contributed by atoms with Crippen LogP contribution in [0.5, 0.6) is 0 Å². The minimum atomic E-state index is 0.391. The number of hydrogen-bond donors (Lipinski definition) is 1. The molecule has 0 saturated carbocycles. The van der Waals surface area contributed by atoms with Gasteiger partial charge in [0.2, 0.25) is 0 Å². The first-order valence-electron chi connectivity index (χ1n) is 5.92. The second-order valence-corrected chi connectivity index (χ2v) is 4.87. The fraction of sp³-hybridized carbons (Fsp3) is 0.385. The van der Waals surface area contributed by atoms with Gasteiger partial charge in [-0.3, -0.25) is 4.99 Å². The normalized spacial score (nSPS) is 12.5. The molecule has 1 N–H and O–H groups in total. The summed E-state index contributed by atoms with van der Waals surface area (Å²) in [6, 6.07) is 1.69. The molecule has 0 saturated heterocycles. The van der Waals surface area contributed by atoms with Crippen molar-refractivity contribution in [1.82, 2.24) is 9.88 Å². The van der Waals surface area contributed by atoms with Crippen LogP contribution in [0.15, 0.2) is 29.0 Å².